The van der Waals surface area contributed by atoms with E-state index in [-0.39, 0.29) is 24.2 Å². The Balaban J connectivity index is 1.63. The molecule has 0 unspecified atom stereocenters. The fourth-order valence-corrected chi connectivity index (χ4v) is 3.78. The number of urea groups is 1. The first kappa shape index (κ1) is 17.1. The van der Waals surface area contributed by atoms with Gasteiger partial charge in [-0.15, -0.1) is 0 Å². The Morgan fingerprint density at radius 1 is 1.29 bits per heavy atom. The van der Waals surface area contributed by atoms with Crippen molar-refractivity contribution in [3.05, 3.63) is 35.4 Å². The number of benzene rings is 1. The highest BCUT2D eigenvalue weighted by Gasteiger charge is 2.38. The van der Waals surface area contributed by atoms with Crippen LogP contribution in [0.5, 0.6) is 0 Å². The molecule has 2 aliphatic heterocycles. The van der Waals surface area contributed by atoms with E-state index in [0.29, 0.717) is 6.04 Å². The second kappa shape index (κ2) is 6.63. The van der Waals surface area contributed by atoms with Crippen LogP contribution in [-0.4, -0.2) is 48.1 Å². The molecule has 0 spiro atoms. The number of hydrogen-bond donors (Lipinski definition) is 1. The molecule has 1 aromatic rings. The first-order valence-corrected chi connectivity index (χ1v) is 8.27. The van der Waals surface area contributed by atoms with Gasteiger partial charge < -0.3 is 10.2 Å². The molecule has 2 atom stereocenters. The molecule has 2 saturated heterocycles. The van der Waals surface area contributed by atoms with Gasteiger partial charge in [0.2, 0.25) is 0 Å². The summed E-state index contributed by atoms with van der Waals surface area (Å²) in [7, 11) is 1.53. The molecule has 24 heavy (non-hydrogen) atoms. The fraction of sp³-hybridized carbons (Fsp3) is 0.588. The van der Waals surface area contributed by atoms with Crippen molar-refractivity contribution in [1.82, 2.24) is 15.1 Å². The molecule has 0 radical (unpaired) electrons. The molecular weight excluding hydrogens is 319 g/mol. The molecule has 7 heteroatoms. The highest BCUT2D eigenvalue weighted by molar-refractivity contribution is 5.74. The Bertz CT molecular complexity index is 605. The number of nitrogens with one attached hydrogen (secondary N) is 1. The number of alkyl halides is 3. The summed E-state index contributed by atoms with van der Waals surface area (Å²) in [5.41, 5.74) is -0.580. The molecule has 0 saturated carbocycles. The number of hydrogen-bond acceptors (Lipinski definition) is 2. The lowest BCUT2D eigenvalue weighted by Crippen LogP contribution is -2.47. The van der Waals surface area contributed by atoms with Gasteiger partial charge in [-0.1, -0.05) is 18.2 Å². The second-order valence-electron chi connectivity index (χ2n) is 6.60. The van der Waals surface area contributed by atoms with E-state index < -0.39 is 11.7 Å². The minimum absolute atomic E-state index is 0.0668. The second-order valence-corrected chi connectivity index (χ2v) is 6.60. The zero-order valence-corrected chi connectivity index (χ0v) is 13.6. The standard InChI is InChI=1S/C17H22F3N3O/c1-22(11-12-5-2-3-6-13(12)17(18,19)20)16(24)21-14-8-10-23-9-4-7-15(14)23/h2-3,5-6,14-15H,4,7-11H2,1H3,(H,21,24)/t14-,15+/m0/s1. The van der Waals surface area contributed by atoms with Crippen molar-refractivity contribution >= 4 is 6.03 Å². The van der Waals surface area contributed by atoms with Crippen LogP contribution in [0.2, 0.25) is 0 Å². The predicted octanol–water partition coefficient (Wildman–Crippen LogP) is 3.08. The maximum Gasteiger partial charge on any atom is 0.416 e. The highest BCUT2D eigenvalue weighted by atomic mass is 19.4. The summed E-state index contributed by atoms with van der Waals surface area (Å²) in [5.74, 6) is 0. The number of halogens is 3. The van der Waals surface area contributed by atoms with Gasteiger partial charge in [0.15, 0.2) is 0 Å². The van der Waals surface area contributed by atoms with Crippen molar-refractivity contribution in [2.75, 3.05) is 20.1 Å². The molecule has 2 fully saturated rings. The Labute approximate surface area is 139 Å². The van der Waals surface area contributed by atoms with Gasteiger partial charge in [0, 0.05) is 32.2 Å². The number of amides is 2. The molecule has 2 aliphatic rings. The summed E-state index contributed by atoms with van der Waals surface area (Å²) in [6.45, 7) is 1.99. The van der Waals surface area contributed by atoms with Gasteiger partial charge in [0.25, 0.3) is 0 Å². The number of fused-ring (bicyclic) bond motifs is 1. The predicted molar refractivity (Wildman–Crippen MR) is 84.4 cm³/mol. The van der Waals surface area contributed by atoms with Gasteiger partial charge in [-0.3, -0.25) is 4.90 Å². The number of rotatable bonds is 3. The number of carbonyl (C=O) groups excluding carboxylic acids is 1. The molecular formula is C17H22F3N3O. The molecule has 4 nitrogen and oxygen atoms in total. The molecule has 2 amide bonds. The monoisotopic (exact) mass is 341 g/mol. The van der Waals surface area contributed by atoms with Crippen LogP contribution in [-0.2, 0) is 12.7 Å². The first-order chi connectivity index (χ1) is 11.4. The third-order valence-corrected chi connectivity index (χ3v) is 4.99. The van der Waals surface area contributed by atoms with Crippen LogP contribution in [0.4, 0.5) is 18.0 Å². The molecule has 3 rings (SSSR count). The summed E-state index contributed by atoms with van der Waals surface area (Å²) >= 11 is 0. The van der Waals surface area contributed by atoms with Crippen LogP contribution in [0, 0.1) is 0 Å². The van der Waals surface area contributed by atoms with Crippen molar-refractivity contribution < 1.29 is 18.0 Å². The lowest BCUT2D eigenvalue weighted by Gasteiger charge is -2.25. The van der Waals surface area contributed by atoms with E-state index in [1.54, 1.807) is 6.07 Å². The van der Waals surface area contributed by atoms with Crippen LogP contribution in [0.15, 0.2) is 24.3 Å². The molecule has 1 aromatic carbocycles. The third kappa shape index (κ3) is 3.50. The minimum atomic E-state index is -4.41. The zero-order chi connectivity index (χ0) is 17.3. The summed E-state index contributed by atoms with van der Waals surface area (Å²) in [5, 5.41) is 2.99. The summed E-state index contributed by atoms with van der Waals surface area (Å²) in [4.78, 5) is 16.1. The average molecular weight is 341 g/mol. The summed E-state index contributed by atoms with van der Waals surface area (Å²) in [6.07, 6.45) is -1.29. The Morgan fingerprint density at radius 3 is 2.79 bits per heavy atom. The number of carbonyl (C=O) groups is 1. The maximum absolute atomic E-state index is 13.0. The van der Waals surface area contributed by atoms with Crippen molar-refractivity contribution in [2.24, 2.45) is 0 Å². The molecule has 0 aliphatic carbocycles. The first-order valence-electron chi connectivity index (χ1n) is 8.27. The Kier molecular flexibility index (Phi) is 4.71. The molecule has 2 heterocycles. The van der Waals surface area contributed by atoms with E-state index in [2.05, 4.69) is 10.2 Å². The topological polar surface area (TPSA) is 35.6 Å². The zero-order valence-electron chi connectivity index (χ0n) is 13.6. The van der Waals surface area contributed by atoms with E-state index in [9.17, 15) is 18.0 Å². The summed E-state index contributed by atoms with van der Waals surface area (Å²) < 4.78 is 39.1. The number of nitrogens with zero attached hydrogens (tertiary/aromatic N) is 2. The fourth-order valence-electron chi connectivity index (χ4n) is 3.78. The highest BCUT2D eigenvalue weighted by Crippen LogP contribution is 2.32. The van der Waals surface area contributed by atoms with E-state index in [1.807, 2.05) is 0 Å². The van der Waals surface area contributed by atoms with Gasteiger partial charge in [-0.05, 0) is 37.4 Å². The lowest BCUT2D eigenvalue weighted by molar-refractivity contribution is -0.138. The molecule has 132 valence electrons. The van der Waals surface area contributed by atoms with E-state index in [1.165, 1.54) is 24.1 Å². The van der Waals surface area contributed by atoms with Gasteiger partial charge in [-0.25, -0.2) is 4.79 Å². The average Bonchev–Trinajstić information content (AvgIpc) is 3.11. The minimum Gasteiger partial charge on any atom is -0.334 e. The van der Waals surface area contributed by atoms with Crippen LogP contribution < -0.4 is 5.32 Å². The van der Waals surface area contributed by atoms with E-state index in [0.717, 1.165) is 38.4 Å². The van der Waals surface area contributed by atoms with Crippen molar-refractivity contribution in [3.63, 3.8) is 0 Å². The van der Waals surface area contributed by atoms with Crippen molar-refractivity contribution in [2.45, 2.75) is 44.1 Å². The molecule has 0 aromatic heterocycles. The third-order valence-electron chi connectivity index (χ3n) is 4.99. The SMILES string of the molecule is CN(Cc1ccccc1C(F)(F)F)C(=O)N[C@H]1CCN2CCC[C@H]12. The smallest absolute Gasteiger partial charge is 0.334 e. The van der Waals surface area contributed by atoms with Gasteiger partial charge >= 0.3 is 12.2 Å². The summed E-state index contributed by atoms with van der Waals surface area (Å²) in [6, 6.07) is 5.55. The van der Waals surface area contributed by atoms with Crippen LogP contribution >= 0.6 is 0 Å². The lowest BCUT2D eigenvalue weighted by atomic mass is 10.1. The Hall–Kier alpha value is -1.76. The van der Waals surface area contributed by atoms with E-state index >= 15 is 0 Å². The van der Waals surface area contributed by atoms with Crippen molar-refractivity contribution in [3.8, 4) is 0 Å². The van der Waals surface area contributed by atoms with Gasteiger partial charge in [-0.2, -0.15) is 13.2 Å². The van der Waals surface area contributed by atoms with Crippen molar-refractivity contribution in [1.29, 1.82) is 0 Å². The Morgan fingerprint density at radius 2 is 2.04 bits per heavy atom. The largest absolute Gasteiger partial charge is 0.416 e. The van der Waals surface area contributed by atoms with Crippen LogP contribution in [0.1, 0.15) is 30.4 Å². The quantitative estimate of drug-likeness (QED) is 0.917. The van der Waals surface area contributed by atoms with Gasteiger partial charge in [0.1, 0.15) is 0 Å². The van der Waals surface area contributed by atoms with E-state index in [4.69, 9.17) is 0 Å². The van der Waals surface area contributed by atoms with Crippen LogP contribution in [0.3, 0.4) is 0 Å². The van der Waals surface area contributed by atoms with Crippen LogP contribution in [0.25, 0.3) is 0 Å². The molecule has 0 bridgehead atoms. The van der Waals surface area contributed by atoms with Gasteiger partial charge in [0.05, 0.1) is 5.56 Å². The maximum atomic E-state index is 13.0. The molecule has 1 N–H and O–H groups in total. The normalized spacial score (nSPS) is 24.0.